The van der Waals surface area contributed by atoms with Gasteiger partial charge in [-0.25, -0.2) is 0 Å². The van der Waals surface area contributed by atoms with Crippen LogP contribution >= 0.6 is 11.3 Å². The second-order valence-electron chi connectivity index (χ2n) is 21.1. The zero-order valence-electron chi connectivity index (χ0n) is 71.2. The summed E-state index contributed by atoms with van der Waals surface area (Å²) in [6.45, 7) is 0. The number of nitrogens with zero attached hydrogens (tertiary/aromatic N) is 6. The second kappa shape index (κ2) is 20.6. The maximum absolute atomic E-state index is 11.3. The molecule has 5 heterocycles. The van der Waals surface area contributed by atoms with Gasteiger partial charge in [0.25, 0.3) is 0 Å². The number of para-hydroxylation sites is 6. The molecule has 18 aromatic rings. The molecule has 0 spiro atoms. The average molecular weight is 1240 g/mol. The van der Waals surface area contributed by atoms with Crippen molar-refractivity contribution in [3.63, 3.8) is 0 Å². The SMILES string of the molecule is [2H]c1c([2H])c([2H])[c]([Ge]([c]2cccc(-n3c4ccccc4c4ccccc43)c2)([c]2c([2H])c([2H])c(-c3ccccc3)c([2H])c2[2H])[c]2c([2H])c([2H])c([2H])c(-c3nc(-c4c([2H])c([2H])c([2H])c([2H])c4-n4c5c([2H])c([2H])c([2H])c([2H])c5c5c([2H])c([2H])c([2H])c([2H])c54)nc(-n4c5ccccc5c5c6sc7ccccc7c6ccc54)n3)c2[2H])c([2H])c1[2H]. The number of fused-ring (bicyclic) bond motifs is 13. The van der Waals surface area contributed by atoms with E-state index in [1.807, 2.05) is 95.6 Å². The van der Waals surface area contributed by atoms with Gasteiger partial charge in [0, 0.05) is 0 Å². The van der Waals surface area contributed by atoms with Crippen LogP contribution < -0.4 is 17.6 Å². The zero-order chi connectivity index (χ0) is 80.3. The van der Waals surface area contributed by atoms with E-state index in [0.29, 0.717) is 38.5 Å². The summed E-state index contributed by atoms with van der Waals surface area (Å²) in [7, 11) is 0. The predicted molar refractivity (Wildman–Crippen MR) is 376 cm³/mol. The fourth-order valence-electron chi connectivity index (χ4n) is 12.6. The number of hydrogen-bond donors (Lipinski definition) is 0. The minimum atomic E-state index is -6.96. The summed E-state index contributed by atoms with van der Waals surface area (Å²) < 4.78 is 250. The van der Waals surface area contributed by atoms with E-state index in [4.69, 9.17) is 21.8 Å². The first kappa shape index (κ1) is 32.1. The first-order chi connectivity index (χ1) is 54.6. The Kier molecular flexibility index (Phi) is 7.44. The van der Waals surface area contributed by atoms with Crippen molar-refractivity contribution in [2.24, 2.45) is 0 Å². The molecule has 0 N–H and O–H groups in total. The molecule has 0 bridgehead atoms. The normalized spacial score (nSPS) is 16.5. The average Bonchev–Trinajstić information content (AvgIpc) is 0.798. The van der Waals surface area contributed by atoms with Gasteiger partial charge in [-0.15, -0.1) is 0 Å². The van der Waals surface area contributed by atoms with Gasteiger partial charge >= 0.3 is 512 Å². The van der Waals surface area contributed by atoms with Crippen molar-refractivity contribution in [3.8, 4) is 51.2 Å². The fraction of sp³-hybridized carbons (Fsp3) is 0. The molecular formula is C81H52GeN6S. The maximum atomic E-state index is 11.3. The molecule has 416 valence electrons. The first-order valence-corrected chi connectivity index (χ1v) is 33.2. The third-order valence-electron chi connectivity index (χ3n) is 16.4. The van der Waals surface area contributed by atoms with Gasteiger partial charge in [0.1, 0.15) is 0 Å². The van der Waals surface area contributed by atoms with Crippen molar-refractivity contribution in [3.05, 3.63) is 315 Å². The second-order valence-corrected chi connectivity index (χ2v) is 29.7. The van der Waals surface area contributed by atoms with Gasteiger partial charge in [-0.05, 0) is 6.07 Å². The predicted octanol–water partition coefficient (Wildman–Crippen LogP) is 17.9. The van der Waals surface area contributed by atoms with Crippen LogP contribution in [0.4, 0.5) is 0 Å². The molecule has 89 heavy (non-hydrogen) atoms. The van der Waals surface area contributed by atoms with Crippen LogP contribution in [0, 0.1) is 0 Å². The summed E-state index contributed by atoms with van der Waals surface area (Å²) in [6.07, 6.45) is 0. The molecule has 18 rings (SSSR count). The third kappa shape index (κ3) is 7.99. The topological polar surface area (TPSA) is 53.5 Å². The number of rotatable bonds is 10. The Balaban J connectivity index is 1.05. The molecule has 0 aliphatic carbocycles. The van der Waals surface area contributed by atoms with E-state index < -0.39 is 234 Å². The fourth-order valence-corrected chi connectivity index (χ4v) is 22.1. The molecular weight excluding hydrogens is 1160 g/mol. The van der Waals surface area contributed by atoms with Crippen molar-refractivity contribution in [1.29, 1.82) is 0 Å². The van der Waals surface area contributed by atoms with Crippen LogP contribution in [0.1, 0.15) is 34.3 Å². The van der Waals surface area contributed by atoms with E-state index >= 15 is 0 Å². The molecule has 0 aliphatic rings. The van der Waals surface area contributed by atoms with E-state index in [1.165, 1.54) is 17.4 Å². The molecule has 1 atom stereocenters. The van der Waals surface area contributed by atoms with Crippen molar-refractivity contribution in [2.75, 3.05) is 0 Å². The summed E-state index contributed by atoms with van der Waals surface area (Å²) >= 11 is -5.47. The quantitative estimate of drug-likeness (QED) is 0.128. The van der Waals surface area contributed by atoms with Crippen molar-refractivity contribution < 1.29 is 34.3 Å². The van der Waals surface area contributed by atoms with Gasteiger partial charge in [-0.3, -0.25) is 0 Å². The van der Waals surface area contributed by atoms with Crippen molar-refractivity contribution >= 4 is 128 Å². The van der Waals surface area contributed by atoms with Gasteiger partial charge in [0.15, 0.2) is 0 Å². The summed E-state index contributed by atoms with van der Waals surface area (Å²) in [5, 5.41) is 3.74. The molecule has 0 aliphatic heterocycles. The number of aromatic nitrogens is 6. The molecule has 1 unspecified atom stereocenters. The standard InChI is InChI=1S/C81H52GeN6S/c1-3-23-53(24-4-1)54-45-47-57(48-46-54)82(56-26-5-2-6-27-56,59-29-22-30-60(52-59)86-69-38-14-7-31-61(69)62-32-8-15-39-70(62)86)58-28-21-25-55(51-58)79-83-80(68-37-12-19-43-74(68)87-71-40-16-9-33-63(71)64-34-10-17-41-72(64)87)85-81(84-79)88-73-42-18-11-36-67(73)77-75(88)50-49-66-65-35-13-20-44-76(65)89-78(66)77/h1-52H/i2D,5D,6D,9D,10D,12D,16D,17D,19D,21D,25D,26D,27D,28D,33D,34D,37D,40D,41D,43D,45D,46D,47D,48D,51D. The van der Waals surface area contributed by atoms with Crippen molar-refractivity contribution in [2.45, 2.75) is 0 Å². The van der Waals surface area contributed by atoms with Crippen LogP contribution in [0.25, 0.3) is 137 Å². The van der Waals surface area contributed by atoms with E-state index in [0.717, 1.165) is 35.5 Å². The molecule has 0 fully saturated rings. The van der Waals surface area contributed by atoms with Crippen molar-refractivity contribution in [1.82, 2.24) is 28.7 Å². The number of benzene rings is 13. The van der Waals surface area contributed by atoms with E-state index in [2.05, 4.69) is 0 Å². The van der Waals surface area contributed by atoms with Gasteiger partial charge < -0.3 is 0 Å². The van der Waals surface area contributed by atoms with Gasteiger partial charge in [-0.2, -0.15) is 0 Å². The van der Waals surface area contributed by atoms with Gasteiger partial charge in [0.05, 0.1) is 8.22 Å². The molecule has 0 radical (unpaired) electrons. The monoisotopic (exact) mass is 1240 g/mol. The Bertz CT molecular complexity index is 7220. The van der Waals surface area contributed by atoms with Gasteiger partial charge in [-0.1, -0.05) is 30.3 Å². The molecule has 5 aromatic heterocycles. The van der Waals surface area contributed by atoms with Gasteiger partial charge in [0.2, 0.25) is 0 Å². The van der Waals surface area contributed by atoms with Crippen LogP contribution in [0.15, 0.2) is 315 Å². The Labute approximate surface area is 554 Å². The Hall–Kier alpha value is -11.0. The first-order valence-electron chi connectivity index (χ1n) is 40.7. The molecule has 0 amide bonds. The number of thiophene rings is 1. The summed E-state index contributed by atoms with van der Waals surface area (Å²) in [5.41, 5.74) is -0.951. The molecule has 0 saturated carbocycles. The zero-order valence-corrected chi connectivity index (χ0v) is 49.1. The van der Waals surface area contributed by atoms with Crippen LogP contribution in [-0.2, 0) is 0 Å². The minimum absolute atomic E-state index is 0.0758. The molecule has 6 nitrogen and oxygen atoms in total. The summed E-state index contributed by atoms with van der Waals surface area (Å²) in [6, 6.07) is 25.8. The Morgan fingerprint density at radius 1 is 0.337 bits per heavy atom. The van der Waals surface area contributed by atoms with E-state index in [9.17, 15) is 27.4 Å². The molecule has 0 saturated heterocycles. The molecule has 8 heteroatoms. The Morgan fingerprint density at radius 2 is 0.944 bits per heavy atom. The van der Waals surface area contributed by atoms with Crippen LogP contribution in [-0.4, -0.2) is 41.9 Å². The number of hydrogen-bond acceptors (Lipinski definition) is 4. The van der Waals surface area contributed by atoms with Crippen LogP contribution in [0.2, 0.25) is 0 Å². The van der Waals surface area contributed by atoms with E-state index in [-0.39, 0.29) is 15.5 Å². The molecule has 13 aromatic carbocycles. The van der Waals surface area contributed by atoms with Crippen LogP contribution in [0.3, 0.4) is 0 Å². The Morgan fingerprint density at radius 3 is 1.70 bits per heavy atom. The van der Waals surface area contributed by atoms with E-state index in [1.54, 1.807) is 71.3 Å². The third-order valence-corrected chi connectivity index (χ3v) is 26.4. The summed E-state index contributed by atoms with van der Waals surface area (Å²) in [4.78, 5) is 15.4. The summed E-state index contributed by atoms with van der Waals surface area (Å²) in [5.74, 6) is -1.98. The van der Waals surface area contributed by atoms with Crippen LogP contribution in [0.5, 0.6) is 0 Å².